The average Bonchev–Trinajstić information content (AvgIpc) is 2.30. The van der Waals surface area contributed by atoms with Crippen LogP contribution < -0.4 is 11.2 Å². The van der Waals surface area contributed by atoms with E-state index in [1.54, 1.807) is 12.2 Å². The normalized spacial score (nSPS) is 31.0. The van der Waals surface area contributed by atoms with Crippen LogP contribution in [0.15, 0.2) is 40.7 Å². The molecule has 1 atom stereocenters. The van der Waals surface area contributed by atoms with Crippen LogP contribution >= 0.6 is 0 Å². The minimum absolute atomic E-state index is 0.571. The Kier molecular flexibility index (Phi) is 1.09. The zero-order valence-corrected chi connectivity index (χ0v) is 7.15. The van der Waals surface area contributed by atoms with Crippen molar-refractivity contribution in [3.63, 3.8) is 0 Å². The van der Waals surface area contributed by atoms with E-state index in [-0.39, 0.29) is 0 Å². The van der Waals surface area contributed by atoms with Crippen molar-refractivity contribution in [3.05, 3.63) is 35.6 Å². The Morgan fingerprint density at radius 2 is 2.29 bits per heavy atom. The maximum absolute atomic E-state index is 11.2. The lowest BCUT2D eigenvalue weighted by atomic mass is 9.93. The molecular weight excluding hydrogens is 182 g/mol. The lowest BCUT2D eigenvalue weighted by Gasteiger charge is -2.37. The van der Waals surface area contributed by atoms with Crippen LogP contribution in [0.5, 0.6) is 0 Å². The summed E-state index contributed by atoms with van der Waals surface area (Å²) >= 11 is 0. The van der Waals surface area contributed by atoms with E-state index in [1.807, 2.05) is 12.2 Å². The number of nitrogens with one attached hydrogen (secondary N) is 1. The molecule has 2 heterocycles. The van der Waals surface area contributed by atoms with Gasteiger partial charge in [0.15, 0.2) is 0 Å². The Balaban J connectivity index is 2.17. The summed E-state index contributed by atoms with van der Waals surface area (Å²) in [4.78, 5) is 11.2. The van der Waals surface area contributed by atoms with Gasteiger partial charge in [0.25, 0.3) is 5.91 Å². The van der Waals surface area contributed by atoms with Crippen molar-refractivity contribution in [1.82, 2.24) is 5.43 Å². The standard InChI is InChI=1S/C9H7N3O2/c10-8(13)9-7-5(11-12-9)3-1-2-4-6(7)14-9/h1-4,12H,(H2,10,13). The van der Waals surface area contributed by atoms with Gasteiger partial charge in [-0.05, 0) is 12.2 Å². The summed E-state index contributed by atoms with van der Waals surface area (Å²) in [5.41, 5.74) is 8.08. The molecule has 1 aliphatic carbocycles. The first-order chi connectivity index (χ1) is 6.74. The number of hydrogen-bond donors (Lipinski definition) is 2. The van der Waals surface area contributed by atoms with Crippen molar-refractivity contribution in [3.8, 4) is 0 Å². The Morgan fingerprint density at radius 1 is 1.50 bits per heavy atom. The largest absolute Gasteiger partial charge is 0.452 e. The third kappa shape index (κ3) is 0.618. The maximum Gasteiger partial charge on any atom is 0.306 e. The fourth-order valence-corrected chi connectivity index (χ4v) is 1.73. The molecule has 0 saturated heterocycles. The molecule has 0 spiro atoms. The molecule has 3 aliphatic rings. The number of hydrazone groups is 1. The Hall–Kier alpha value is -2.04. The maximum atomic E-state index is 11.2. The van der Waals surface area contributed by atoms with Crippen molar-refractivity contribution in [2.45, 2.75) is 5.72 Å². The number of nitrogens with zero attached hydrogens (tertiary/aromatic N) is 1. The third-order valence-electron chi connectivity index (χ3n) is 2.41. The summed E-state index contributed by atoms with van der Waals surface area (Å²) < 4.78 is 5.32. The number of rotatable bonds is 1. The van der Waals surface area contributed by atoms with Gasteiger partial charge in [-0.3, -0.25) is 10.2 Å². The summed E-state index contributed by atoms with van der Waals surface area (Å²) in [5.74, 6) is 0.0799. The Morgan fingerprint density at radius 3 is 3.07 bits per heavy atom. The number of primary amides is 1. The van der Waals surface area contributed by atoms with Gasteiger partial charge >= 0.3 is 5.72 Å². The van der Waals surface area contributed by atoms with Gasteiger partial charge in [-0.2, -0.15) is 5.10 Å². The molecular formula is C9H7N3O2. The molecule has 3 rings (SSSR count). The van der Waals surface area contributed by atoms with E-state index in [9.17, 15) is 4.79 Å². The summed E-state index contributed by atoms with van der Waals surface area (Å²) in [6, 6.07) is 0. The second kappa shape index (κ2) is 2.06. The molecule has 0 aromatic carbocycles. The van der Waals surface area contributed by atoms with Crippen molar-refractivity contribution in [2.75, 3.05) is 0 Å². The van der Waals surface area contributed by atoms with Crippen LogP contribution in [0.1, 0.15) is 0 Å². The predicted molar refractivity (Wildman–Crippen MR) is 48.9 cm³/mol. The monoisotopic (exact) mass is 189 g/mol. The third-order valence-corrected chi connectivity index (χ3v) is 2.41. The highest BCUT2D eigenvalue weighted by Crippen LogP contribution is 2.41. The van der Waals surface area contributed by atoms with Crippen LogP contribution in [-0.4, -0.2) is 17.3 Å². The van der Waals surface area contributed by atoms with Crippen LogP contribution in [0.4, 0.5) is 0 Å². The van der Waals surface area contributed by atoms with E-state index < -0.39 is 11.6 Å². The van der Waals surface area contributed by atoms with E-state index >= 15 is 0 Å². The molecule has 0 bridgehead atoms. The van der Waals surface area contributed by atoms with Gasteiger partial charge in [0.2, 0.25) is 0 Å². The number of hydrogen-bond acceptors (Lipinski definition) is 4. The molecule has 0 saturated carbocycles. The molecule has 3 N–H and O–H groups in total. The zero-order chi connectivity index (χ0) is 9.76. The minimum atomic E-state index is -1.22. The Bertz CT molecular complexity index is 459. The summed E-state index contributed by atoms with van der Waals surface area (Å²) in [6.45, 7) is 0. The van der Waals surface area contributed by atoms with Gasteiger partial charge in [0.1, 0.15) is 5.76 Å². The summed E-state index contributed by atoms with van der Waals surface area (Å²) in [5, 5.41) is 3.99. The van der Waals surface area contributed by atoms with E-state index in [4.69, 9.17) is 10.5 Å². The van der Waals surface area contributed by atoms with Crippen LogP contribution in [0.25, 0.3) is 0 Å². The van der Waals surface area contributed by atoms with Gasteiger partial charge in [-0.15, -0.1) is 0 Å². The molecule has 5 nitrogen and oxygen atoms in total. The topological polar surface area (TPSA) is 76.7 Å². The highest BCUT2D eigenvalue weighted by atomic mass is 16.5. The number of carbonyl (C=O) groups excluding carboxylic acids is 1. The van der Waals surface area contributed by atoms with Crippen LogP contribution in [0.2, 0.25) is 0 Å². The van der Waals surface area contributed by atoms with E-state index in [1.165, 1.54) is 0 Å². The van der Waals surface area contributed by atoms with Gasteiger partial charge in [0.05, 0.1) is 11.3 Å². The average molecular weight is 189 g/mol. The molecule has 0 fully saturated rings. The fourth-order valence-electron chi connectivity index (χ4n) is 1.73. The van der Waals surface area contributed by atoms with Gasteiger partial charge in [-0.1, -0.05) is 12.2 Å². The number of allylic oxidation sites excluding steroid dienone is 4. The van der Waals surface area contributed by atoms with Gasteiger partial charge in [-0.25, -0.2) is 0 Å². The zero-order valence-electron chi connectivity index (χ0n) is 7.15. The number of ether oxygens (including phenoxy) is 1. The lowest BCUT2D eigenvalue weighted by molar-refractivity contribution is -0.141. The van der Waals surface area contributed by atoms with Gasteiger partial charge < -0.3 is 10.5 Å². The molecule has 5 heteroatoms. The van der Waals surface area contributed by atoms with E-state index in [2.05, 4.69) is 10.5 Å². The predicted octanol–water partition coefficient (Wildman–Crippen LogP) is -0.462. The molecule has 2 aliphatic heterocycles. The SMILES string of the molecule is NC(=O)C12NN=C3C=CC=CC(=C31)O2. The fraction of sp³-hybridized carbons (Fsp3) is 0.111. The van der Waals surface area contributed by atoms with Gasteiger partial charge in [0, 0.05) is 0 Å². The van der Waals surface area contributed by atoms with Crippen molar-refractivity contribution in [2.24, 2.45) is 10.8 Å². The lowest BCUT2D eigenvalue weighted by Crippen LogP contribution is -2.60. The van der Waals surface area contributed by atoms with E-state index in [0.717, 1.165) is 5.57 Å². The van der Waals surface area contributed by atoms with E-state index in [0.29, 0.717) is 11.5 Å². The molecule has 1 unspecified atom stereocenters. The highest BCUT2D eigenvalue weighted by Gasteiger charge is 2.57. The quantitative estimate of drug-likeness (QED) is 0.585. The smallest absolute Gasteiger partial charge is 0.306 e. The molecule has 1 amide bonds. The molecule has 0 radical (unpaired) electrons. The number of nitrogens with two attached hydrogens (primary N) is 1. The first-order valence-electron chi connectivity index (χ1n) is 4.18. The molecule has 70 valence electrons. The molecule has 0 aromatic heterocycles. The molecule has 0 aromatic rings. The van der Waals surface area contributed by atoms with Crippen LogP contribution in [0.3, 0.4) is 0 Å². The van der Waals surface area contributed by atoms with Crippen molar-refractivity contribution in [1.29, 1.82) is 0 Å². The second-order valence-electron chi connectivity index (χ2n) is 3.21. The minimum Gasteiger partial charge on any atom is -0.452 e. The first kappa shape index (κ1) is 7.37. The number of carbonyl (C=O) groups is 1. The Labute approximate surface area is 79.6 Å². The summed E-state index contributed by atoms with van der Waals surface area (Å²) in [6.07, 6.45) is 7.24. The highest BCUT2D eigenvalue weighted by molar-refractivity contribution is 6.18. The van der Waals surface area contributed by atoms with Crippen molar-refractivity contribution < 1.29 is 9.53 Å². The van der Waals surface area contributed by atoms with Crippen LogP contribution in [-0.2, 0) is 9.53 Å². The van der Waals surface area contributed by atoms with Crippen molar-refractivity contribution >= 4 is 11.6 Å². The first-order valence-corrected chi connectivity index (χ1v) is 4.18. The number of amides is 1. The molecule has 14 heavy (non-hydrogen) atoms. The van der Waals surface area contributed by atoms with Crippen LogP contribution in [0, 0.1) is 0 Å². The summed E-state index contributed by atoms with van der Waals surface area (Å²) in [7, 11) is 0. The second-order valence-corrected chi connectivity index (χ2v) is 3.21.